The number of carbonyl (C=O) groups excluding carboxylic acids is 1. The van der Waals surface area contributed by atoms with E-state index < -0.39 is 11.6 Å². The van der Waals surface area contributed by atoms with Crippen LogP contribution in [0.3, 0.4) is 0 Å². The summed E-state index contributed by atoms with van der Waals surface area (Å²) < 4.78 is 9.92. The van der Waals surface area contributed by atoms with Crippen molar-refractivity contribution in [2.75, 3.05) is 0 Å². The highest BCUT2D eigenvalue weighted by atomic mass is 35.5. The minimum Gasteiger partial charge on any atom is -0.427 e. The molecule has 0 aliphatic rings. The molecule has 1 heterocycles. The summed E-state index contributed by atoms with van der Waals surface area (Å²) in [4.78, 5) is 22.2. The Hall–Kier alpha value is -1.81. The third kappa shape index (κ3) is 2.17. The molecule has 0 saturated carbocycles. The molecule has 4 nitrogen and oxygen atoms in total. The van der Waals surface area contributed by atoms with E-state index in [1.807, 2.05) is 0 Å². The maximum absolute atomic E-state index is 11.4. The van der Waals surface area contributed by atoms with Gasteiger partial charge in [0.25, 0.3) is 0 Å². The Bertz CT molecular complexity index is 657. The number of esters is 1. The molecule has 2 aromatic rings. The Morgan fingerprint density at radius 3 is 2.76 bits per heavy atom. The third-order valence-electron chi connectivity index (χ3n) is 2.33. The molecule has 0 fully saturated rings. The van der Waals surface area contributed by atoms with Gasteiger partial charge < -0.3 is 9.15 Å². The number of halogens is 1. The summed E-state index contributed by atoms with van der Waals surface area (Å²) in [5.41, 5.74) is 0.389. The Balaban J connectivity index is 2.67. The average Bonchev–Trinajstić information content (AvgIpc) is 2.25. The smallest absolute Gasteiger partial charge is 0.355 e. The topological polar surface area (TPSA) is 56.5 Å². The van der Waals surface area contributed by atoms with E-state index in [1.54, 1.807) is 19.1 Å². The molecule has 88 valence electrons. The first-order valence-electron chi connectivity index (χ1n) is 4.90. The number of hydrogen-bond acceptors (Lipinski definition) is 4. The number of aryl methyl sites for hydroxylation is 1. The van der Waals surface area contributed by atoms with Gasteiger partial charge in [-0.15, -0.1) is 0 Å². The van der Waals surface area contributed by atoms with E-state index >= 15 is 0 Å². The standard InChI is InChI=1S/C12H9ClO4/c1-6-9-4-3-8(16-7(2)14)5-10(9)17-12(15)11(6)13/h3-5H,1-2H3. The number of rotatable bonds is 1. The molecule has 0 unspecified atom stereocenters. The largest absolute Gasteiger partial charge is 0.427 e. The van der Waals surface area contributed by atoms with Gasteiger partial charge in [0.15, 0.2) is 0 Å². The van der Waals surface area contributed by atoms with Crippen LogP contribution in [-0.2, 0) is 4.79 Å². The SMILES string of the molecule is CC(=O)Oc1ccc2c(C)c(Cl)c(=O)oc2c1. The molecule has 0 amide bonds. The van der Waals surface area contributed by atoms with Crippen LogP contribution in [0, 0.1) is 6.92 Å². The molecule has 0 aliphatic carbocycles. The second-order valence-corrected chi connectivity index (χ2v) is 3.96. The molecule has 0 aliphatic heterocycles. The fraction of sp³-hybridized carbons (Fsp3) is 0.167. The normalized spacial score (nSPS) is 10.5. The summed E-state index contributed by atoms with van der Waals surface area (Å²) in [6.45, 7) is 3.03. The lowest BCUT2D eigenvalue weighted by atomic mass is 10.1. The summed E-state index contributed by atoms with van der Waals surface area (Å²) in [6.07, 6.45) is 0. The number of hydrogen-bond donors (Lipinski definition) is 0. The minimum absolute atomic E-state index is 0.0673. The molecule has 0 saturated heterocycles. The van der Waals surface area contributed by atoms with Gasteiger partial charge in [0.1, 0.15) is 16.4 Å². The van der Waals surface area contributed by atoms with E-state index in [2.05, 4.69) is 0 Å². The quantitative estimate of drug-likeness (QED) is 0.445. The van der Waals surface area contributed by atoms with Crippen LogP contribution in [0.4, 0.5) is 0 Å². The highest BCUT2D eigenvalue weighted by Gasteiger charge is 2.10. The summed E-state index contributed by atoms with van der Waals surface area (Å²) in [6, 6.07) is 4.80. The summed E-state index contributed by atoms with van der Waals surface area (Å²) in [5.74, 6) is -0.104. The Labute approximate surface area is 102 Å². The van der Waals surface area contributed by atoms with Crippen molar-refractivity contribution < 1.29 is 13.9 Å². The van der Waals surface area contributed by atoms with Gasteiger partial charge in [-0.05, 0) is 24.6 Å². The van der Waals surface area contributed by atoms with Crippen molar-refractivity contribution in [2.45, 2.75) is 13.8 Å². The minimum atomic E-state index is -0.600. The van der Waals surface area contributed by atoms with Gasteiger partial charge >= 0.3 is 11.6 Å². The molecule has 17 heavy (non-hydrogen) atoms. The van der Waals surface area contributed by atoms with Gasteiger partial charge in [-0.25, -0.2) is 4.79 Å². The summed E-state index contributed by atoms with van der Waals surface area (Å²) >= 11 is 5.79. The van der Waals surface area contributed by atoms with Crippen molar-refractivity contribution in [3.63, 3.8) is 0 Å². The average molecular weight is 253 g/mol. The molecule has 1 aromatic heterocycles. The summed E-state index contributed by atoms with van der Waals surface area (Å²) in [5, 5.41) is 0.781. The molecule has 5 heteroatoms. The van der Waals surface area contributed by atoms with E-state index in [4.69, 9.17) is 20.8 Å². The van der Waals surface area contributed by atoms with Crippen molar-refractivity contribution in [2.24, 2.45) is 0 Å². The zero-order valence-electron chi connectivity index (χ0n) is 9.24. The number of benzene rings is 1. The van der Waals surface area contributed by atoms with E-state index in [0.717, 1.165) is 0 Å². The molecular weight excluding hydrogens is 244 g/mol. The van der Waals surface area contributed by atoms with Gasteiger partial charge in [0, 0.05) is 18.4 Å². The zero-order chi connectivity index (χ0) is 12.6. The van der Waals surface area contributed by atoms with E-state index in [1.165, 1.54) is 13.0 Å². The lowest BCUT2D eigenvalue weighted by Gasteiger charge is -2.05. The summed E-state index contributed by atoms with van der Waals surface area (Å²) in [7, 11) is 0. The number of carbonyl (C=O) groups is 1. The maximum atomic E-state index is 11.4. The van der Waals surface area contributed by atoms with Crippen LogP contribution >= 0.6 is 11.6 Å². The van der Waals surface area contributed by atoms with Gasteiger partial charge in [-0.3, -0.25) is 4.79 Å². The number of ether oxygens (including phenoxy) is 1. The van der Waals surface area contributed by atoms with Gasteiger partial charge in [0.05, 0.1) is 0 Å². The zero-order valence-corrected chi connectivity index (χ0v) is 10.00. The third-order valence-corrected chi connectivity index (χ3v) is 2.77. The first kappa shape index (κ1) is 11.7. The fourth-order valence-electron chi connectivity index (χ4n) is 1.54. The molecule has 0 atom stereocenters. The van der Waals surface area contributed by atoms with Gasteiger partial charge in [-0.1, -0.05) is 11.6 Å². The van der Waals surface area contributed by atoms with Crippen molar-refractivity contribution in [1.82, 2.24) is 0 Å². The Morgan fingerprint density at radius 2 is 2.12 bits per heavy atom. The highest BCUT2D eigenvalue weighted by molar-refractivity contribution is 6.31. The molecule has 2 rings (SSSR count). The molecule has 0 spiro atoms. The van der Waals surface area contributed by atoms with Gasteiger partial charge in [0.2, 0.25) is 0 Å². The lowest BCUT2D eigenvalue weighted by Crippen LogP contribution is -2.03. The van der Waals surface area contributed by atoms with Crippen molar-refractivity contribution in [3.05, 3.63) is 39.2 Å². The molecular formula is C12H9ClO4. The lowest BCUT2D eigenvalue weighted by molar-refractivity contribution is -0.131. The van der Waals surface area contributed by atoms with Crippen LogP contribution in [0.2, 0.25) is 5.02 Å². The maximum Gasteiger partial charge on any atom is 0.355 e. The van der Waals surface area contributed by atoms with Crippen molar-refractivity contribution >= 4 is 28.5 Å². The van der Waals surface area contributed by atoms with E-state index in [0.29, 0.717) is 22.3 Å². The predicted octanol–water partition coefficient (Wildman–Crippen LogP) is 2.68. The second kappa shape index (κ2) is 4.22. The van der Waals surface area contributed by atoms with Crippen LogP contribution in [0.15, 0.2) is 27.4 Å². The van der Waals surface area contributed by atoms with Gasteiger partial charge in [-0.2, -0.15) is 0 Å². The molecule has 0 bridgehead atoms. The number of fused-ring (bicyclic) bond motifs is 1. The van der Waals surface area contributed by atoms with Crippen LogP contribution in [-0.4, -0.2) is 5.97 Å². The van der Waals surface area contributed by atoms with E-state index in [9.17, 15) is 9.59 Å². The second-order valence-electron chi connectivity index (χ2n) is 3.58. The molecule has 0 N–H and O–H groups in total. The van der Waals surface area contributed by atoms with Crippen LogP contribution < -0.4 is 10.4 Å². The predicted molar refractivity (Wildman–Crippen MR) is 63.5 cm³/mol. The fourth-order valence-corrected chi connectivity index (χ4v) is 1.68. The Morgan fingerprint density at radius 1 is 1.41 bits per heavy atom. The van der Waals surface area contributed by atoms with Crippen molar-refractivity contribution in [1.29, 1.82) is 0 Å². The first-order chi connectivity index (χ1) is 7.99. The van der Waals surface area contributed by atoms with Crippen molar-refractivity contribution in [3.8, 4) is 5.75 Å². The monoisotopic (exact) mass is 252 g/mol. The van der Waals surface area contributed by atoms with Crippen LogP contribution in [0.25, 0.3) is 11.0 Å². The highest BCUT2D eigenvalue weighted by Crippen LogP contribution is 2.25. The Kier molecular flexibility index (Phi) is 2.90. The molecule has 0 radical (unpaired) electrons. The van der Waals surface area contributed by atoms with Crippen LogP contribution in [0.5, 0.6) is 5.75 Å². The van der Waals surface area contributed by atoms with Crippen LogP contribution in [0.1, 0.15) is 12.5 Å². The first-order valence-corrected chi connectivity index (χ1v) is 5.28. The van der Waals surface area contributed by atoms with E-state index in [-0.39, 0.29) is 5.02 Å². The molecule has 1 aromatic carbocycles.